The minimum absolute atomic E-state index is 0.735. The Hall–Kier alpha value is -0.0400. The summed E-state index contributed by atoms with van der Waals surface area (Å²) in [4.78, 5) is 0. The van der Waals surface area contributed by atoms with Gasteiger partial charge >= 0.3 is 0 Å². The van der Waals surface area contributed by atoms with Gasteiger partial charge in [-0.25, -0.2) is 0 Å². The second-order valence-corrected chi connectivity index (χ2v) is 6.16. The van der Waals surface area contributed by atoms with E-state index in [4.69, 9.17) is 0 Å². The van der Waals surface area contributed by atoms with Gasteiger partial charge in [0.1, 0.15) is 0 Å². The van der Waals surface area contributed by atoms with Gasteiger partial charge in [0.05, 0.1) is 0 Å². The van der Waals surface area contributed by atoms with Gasteiger partial charge in [0.25, 0.3) is 0 Å². The van der Waals surface area contributed by atoms with Crippen LogP contribution in [-0.4, -0.2) is 12.1 Å². The van der Waals surface area contributed by atoms with Crippen molar-refractivity contribution >= 4 is 0 Å². The molecular weight excluding hydrogens is 182 g/mol. The summed E-state index contributed by atoms with van der Waals surface area (Å²) in [6.07, 6.45) is 16.4. The molecule has 0 amide bonds. The van der Waals surface area contributed by atoms with Crippen molar-refractivity contribution < 1.29 is 0 Å². The summed E-state index contributed by atoms with van der Waals surface area (Å²) in [5.41, 5.74) is 0.735. The van der Waals surface area contributed by atoms with Gasteiger partial charge in [-0.2, -0.15) is 0 Å². The van der Waals surface area contributed by atoms with Gasteiger partial charge in [-0.3, -0.25) is 0 Å². The van der Waals surface area contributed by atoms with Crippen molar-refractivity contribution in [1.82, 2.24) is 5.32 Å². The lowest BCUT2D eigenvalue weighted by Crippen LogP contribution is -2.49. The van der Waals surface area contributed by atoms with Crippen LogP contribution in [0.1, 0.15) is 70.6 Å². The second kappa shape index (κ2) is 4.08. The van der Waals surface area contributed by atoms with Crippen LogP contribution in [-0.2, 0) is 0 Å². The molecule has 3 fully saturated rings. The van der Waals surface area contributed by atoms with Gasteiger partial charge < -0.3 is 5.32 Å². The lowest BCUT2D eigenvalue weighted by molar-refractivity contribution is 0.0736. The van der Waals surface area contributed by atoms with Gasteiger partial charge in [0.15, 0.2) is 0 Å². The monoisotopic (exact) mass is 207 g/mol. The van der Waals surface area contributed by atoms with Crippen LogP contribution in [0.2, 0.25) is 0 Å². The van der Waals surface area contributed by atoms with Crippen molar-refractivity contribution in [2.24, 2.45) is 5.41 Å². The van der Waals surface area contributed by atoms with E-state index in [1.54, 1.807) is 0 Å². The molecule has 1 spiro atoms. The molecule has 1 atom stereocenters. The zero-order valence-electron chi connectivity index (χ0n) is 9.93. The van der Waals surface area contributed by atoms with Gasteiger partial charge in [0, 0.05) is 12.1 Å². The third kappa shape index (κ3) is 2.08. The SMILES string of the molecule is C1CCC2(CC1)CCCCC2NC1CC1. The van der Waals surface area contributed by atoms with Crippen LogP contribution in [0.25, 0.3) is 0 Å². The van der Waals surface area contributed by atoms with E-state index in [-0.39, 0.29) is 0 Å². The maximum atomic E-state index is 3.95. The van der Waals surface area contributed by atoms with Gasteiger partial charge in [-0.1, -0.05) is 32.1 Å². The maximum absolute atomic E-state index is 3.95. The van der Waals surface area contributed by atoms with E-state index in [2.05, 4.69) is 5.32 Å². The molecule has 86 valence electrons. The molecule has 0 bridgehead atoms. The average molecular weight is 207 g/mol. The van der Waals surface area contributed by atoms with E-state index in [1.165, 1.54) is 70.6 Å². The number of rotatable bonds is 2. The van der Waals surface area contributed by atoms with Gasteiger partial charge in [-0.15, -0.1) is 0 Å². The molecule has 1 nitrogen and oxygen atoms in total. The first-order valence-electron chi connectivity index (χ1n) is 7.15. The minimum Gasteiger partial charge on any atom is -0.311 e. The molecule has 0 heterocycles. The van der Waals surface area contributed by atoms with Crippen LogP contribution < -0.4 is 5.32 Å². The first kappa shape index (κ1) is 10.1. The van der Waals surface area contributed by atoms with Gasteiger partial charge in [-0.05, 0) is 43.9 Å². The van der Waals surface area contributed by atoms with Crippen molar-refractivity contribution in [1.29, 1.82) is 0 Å². The Labute approximate surface area is 94.0 Å². The summed E-state index contributed by atoms with van der Waals surface area (Å²) in [5.74, 6) is 0. The molecule has 1 N–H and O–H groups in total. The summed E-state index contributed by atoms with van der Waals surface area (Å²) in [6.45, 7) is 0. The Balaban J connectivity index is 1.69. The van der Waals surface area contributed by atoms with Crippen molar-refractivity contribution in [3.8, 4) is 0 Å². The first-order valence-corrected chi connectivity index (χ1v) is 7.15. The second-order valence-electron chi connectivity index (χ2n) is 6.16. The van der Waals surface area contributed by atoms with E-state index in [0.29, 0.717) is 0 Å². The van der Waals surface area contributed by atoms with Gasteiger partial charge in [0.2, 0.25) is 0 Å². The molecule has 0 aromatic rings. The molecule has 0 aliphatic heterocycles. The Bertz CT molecular complexity index is 205. The minimum atomic E-state index is 0.735. The summed E-state index contributed by atoms with van der Waals surface area (Å²) in [6, 6.07) is 1.80. The highest BCUT2D eigenvalue weighted by Crippen LogP contribution is 2.48. The molecule has 0 saturated heterocycles. The Morgan fingerprint density at radius 1 is 0.733 bits per heavy atom. The van der Waals surface area contributed by atoms with Crippen molar-refractivity contribution in [3.63, 3.8) is 0 Å². The molecule has 0 aromatic heterocycles. The van der Waals surface area contributed by atoms with E-state index in [9.17, 15) is 0 Å². The molecule has 15 heavy (non-hydrogen) atoms. The molecule has 3 rings (SSSR count). The molecular formula is C14H25N. The molecule has 0 radical (unpaired) electrons. The molecule has 1 heteroatoms. The Morgan fingerprint density at radius 2 is 1.40 bits per heavy atom. The van der Waals surface area contributed by atoms with Crippen LogP contribution in [0, 0.1) is 5.41 Å². The fourth-order valence-electron chi connectivity index (χ4n) is 3.95. The van der Waals surface area contributed by atoms with Crippen LogP contribution in [0.15, 0.2) is 0 Å². The summed E-state index contributed by atoms with van der Waals surface area (Å²) < 4.78 is 0. The molecule has 1 unspecified atom stereocenters. The van der Waals surface area contributed by atoms with E-state index < -0.39 is 0 Å². The predicted octanol–water partition coefficient (Wildman–Crippen LogP) is 3.63. The zero-order valence-corrected chi connectivity index (χ0v) is 9.93. The number of hydrogen-bond acceptors (Lipinski definition) is 1. The van der Waals surface area contributed by atoms with E-state index in [1.807, 2.05) is 0 Å². The van der Waals surface area contributed by atoms with Crippen LogP contribution in [0.5, 0.6) is 0 Å². The topological polar surface area (TPSA) is 12.0 Å². The maximum Gasteiger partial charge on any atom is 0.0126 e. The summed E-state index contributed by atoms with van der Waals surface area (Å²) in [5, 5.41) is 3.95. The number of nitrogens with one attached hydrogen (secondary N) is 1. The van der Waals surface area contributed by atoms with Crippen molar-refractivity contribution in [3.05, 3.63) is 0 Å². The summed E-state index contributed by atoms with van der Waals surface area (Å²) >= 11 is 0. The molecule has 3 aliphatic rings. The fourth-order valence-corrected chi connectivity index (χ4v) is 3.95. The molecule has 3 saturated carbocycles. The fraction of sp³-hybridized carbons (Fsp3) is 1.00. The smallest absolute Gasteiger partial charge is 0.0126 e. The van der Waals surface area contributed by atoms with Crippen LogP contribution in [0.3, 0.4) is 0 Å². The number of hydrogen-bond donors (Lipinski definition) is 1. The molecule has 3 aliphatic carbocycles. The zero-order chi connectivity index (χ0) is 10.1. The third-order valence-corrected chi connectivity index (χ3v) is 5.02. The average Bonchev–Trinajstić information content (AvgIpc) is 3.07. The standard InChI is InChI=1S/C14H25N/c1-3-9-14(10-4-1)11-5-2-6-13(14)15-12-7-8-12/h12-13,15H,1-11H2. The van der Waals surface area contributed by atoms with Crippen molar-refractivity contribution in [2.75, 3.05) is 0 Å². The predicted molar refractivity (Wildman–Crippen MR) is 63.9 cm³/mol. The van der Waals surface area contributed by atoms with Crippen molar-refractivity contribution in [2.45, 2.75) is 82.7 Å². The largest absolute Gasteiger partial charge is 0.311 e. The highest BCUT2D eigenvalue weighted by molar-refractivity contribution is 4.99. The van der Waals surface area contributed by atoms with E-state index in [0.717, 1.165) is 17.5 Å². The third-order valence-electron chi connectivity index (χ3n) is 5.02. The highest BCUT2D eigenvalue weighted by atomic mass is 15.0. The lowest BCUT2D eigenvalue weighted by Gasteiger charge is -2.47. The molecule has 0 aromatic carbocycles. The van der Waals surface area contributed by atoms with E-state index >= 15 is 0 Å². The van der Waals surface area contributed by atoms with Crippen LogP contribution >= 0.6 is 0 Å². The van der Waals surface area contributed by atoms with Crippen LogP contribution in [0.4, 0.5) is 0 Å². The summed E-state index contributed by atoms with van der Waals surface area (Å²) in [7, 11) is 0. The lowest BCUT2D eigenvalue weighted by atomic mass is 9.62. The Morgan fingerprint density at radius 3 is 2.07 bits per heavy atom. The Kier molecular flexibility index (Phi) is 2.76. The normalized spacial score (nSPS) is 35.6. The first-order chi connectivity index (χ1) is 7.39. The quantitative estimate of drug-likeness (QED) is 0.729. The highest BCUT2D eigenvalue weighted by Gasteiger charge is 2.42.